The number of hydrogen-bond donors (Lipinski definition) is 1. The molecule has 1 aliphatic heterocycles. The van der Waals surface area contributed by atoms with E-state index in [1.807, 2.05) is 19.9 Å². The second-order valence-corrected chi connectivity index (χ2v) is 12.3. The van der Waals surface area contributed by atoms with Crippen LogP contribution in [0, 0.1) is 19.3 Å². The monoisotopic (exact) mass is 543 g/mol. The van der Waals surface area contributed by atoms with Crippen LogP contribution in [0.4, 0.5) is 0 Å². The fraction of sp³-hybridized carbons (Fsp3) is 0.379. The standard InChI is InChI=1S/C29H31Cl2NO3S/c1-15-9-16(2)20(10-18(15)14-36-24-11-19(30)7-8-21(24)31)26-25(28(34)35-6)17(3)32-22-12-29(4,5)13-23(33)27(22)26/h7-11,26,32H,12-14H2,1-6H3. The maximum Gasteiger partial charge on any atom is 0.336 e. The van der Waals surface area contributed by atoms with Crippen LogP contribution in [0.5, 0.6) is 0 Å². The summed E-state index contributed by atoms with van der Waals surface area (Å²) in [5.41, 5.74) is 6.92. The number of halogens is 2. The molecule has 1 heterocycles. The van der Waals surface area contributed by atoms with E-state index in [9.17, 15) is 9.59 Å². The summed E-state index contributed by atoms with van der Waals surface area (Å²) in [7, 11) is 1.38. The number of carbonyl (C=O) groups excluding carboxylic acids is 2. The fourth-order valence-corrected chi connectivity index (χ4v) is 6.81. The molecule has 0 bridgehead atoms. The van der Waals surface area contributed by atoms with Crippen molar-refractivity contribution in [2.45, 2.75) is 64.0 Å². The summed E-state index contributed by atoms with van der Waals surface area (Å²) >= 11 is 14.2. The van der Waals surface area contributed by atoms with Crippen LogP contribution < -0.4 is 5.32 Å². The van der Waals surface area contributed by atoms with Crippen LogP contribution in [-0.2, 0) is 20.1 Å². The Hall–Kier alpha value is -2.21. The molecule has 36 heavy (non-hydrogen) atoms. The molecule has 1 unspecified atom stereocenters. The van der Waals surface area contributed by atoms with E-state index in [0.29, 0.717) is 33.4 Å². The number of esters is 1. The van der Waals surface area contributed by atoms with E-state index in [2.05, 4.69) is 38.2 Å². The predicted molar refractivity (Wildman–Crippen MR) is 148 cm³/mol. The highest BCUT2D eigenvalue weighted by Crippen LogP contribution is 2.48. The summed E-state index contributed by atoms with van der Waals surface area (Å²) in [5.74, 6) is -0.144. The van der Waals surface area contributed by atoms with E-state index in [0.717, 1.165) is 45.0 Å². The number of benzene rings is 2. The van der Waals surface area contributed by atoms with Gasteiger partial charge in [0.1, 0.15) is 0 Å². The summed E-state index contributed by atoms with van der Waals surface area (Å²) in [4.78, 5) is 27.5. The SMILES string of the molecule is COC(=O)C1=C(C)NC2=C(C(=O)CC(C)(C)C2)C1c1cc(CSc2cc(Cl)ccc2Cl)c(C)cc1C. The Balaban J connectivity index is 1.82. The van der Waals surface area contributed by atoms with Crippen LogP contribution in [0.25, 0.3) is 0 Å². The fourth-order valence-electron chi connectivity index (χ4n) is 5.25. The quantitative estimate of drug-likeness (QED) is 0.309. The summed E-state index contributed by atoms with van der Waals surface area (Å²) in [5, 5.41) is 4.67. The van der Waals surface area contributed by atoms with Crippen molar-refractivity contribution < 1.29 is 14.3 Å². The smallest absolute Gasteiger partial charge is 0.336 e. The molecule has 4 nitrogen and oxygen atoms in total. The molecule has 1 N–H and O–H groups in total. The third-order valence-electron chi connectivity index (χ3n) is 6.96. The number of nitrogens with one attached hydrogen (secondary N) is 1. The first-order valence-corrected chi connectivity index (χ1v) is 13.7. The van der Waals surface area contributed by atoms with Gasteiger partial charge in [-0.25, -0.2) is 4.79 Å². The molecule has 0 saturated carbocycles. The molecule has 190 valence electrons. The zero-order valence-corrected chi connectivity index (χ0v) is 23.8. The van der Waals surface area contributed by atoms with E-state index >= 15 is 0 Å². The average molecular weight is 545 g/mol. The third-order valence-corrected chi connectivity index (χ3v) is 8.74. The van der Waals surface area contributed by atoms with Crippen LogP contribution >= 0.6 is 35.0 Å². The summed E-state index contributed by atoms with van der Waals surface area (Å²) in [6.45, 7) is 10.2. The second-order valence-electron chi connectivity index (χ2n) is 10.4. The molecule has 2 aromatic rings. The lowest BCUT2D eigenvalue weighted by molar-refractivity contribution is -0.136. The van der Waals surface area contributed by atoms with E-state index in [-0.39, 0.29) is 11.2 Å². The highest BCUT2D eigenvalue weighted by atomic mass is 35.5. The van der Waals surface area contributed by atoms with Gasteiger partial charge < -0.3 is 10.1 Å². The van der Waals surface area contributed by atoms with Crippen LogP contribution in [-0.4, -0.2) is 18.9 Å². The molecule has 2 aliphatic rings. The Morgan fingerprint density at radius 2 is 1.83 bits per heavy atom. The van der Waals surface area contributed by atoms with Crippen molar-refractivity contribution in [1.29, 1.82) is 0 Å². The number of thioether (sulfide) groups is 1. The zero-order valence-electron chi connectivity index (χ0n) is 21.5. The number of carbonyl (C=O) groups is 2. The number of Topliss-reactive ketones (excluding diaryl/α,β-unsaturated/α-hetero) is 1. The maximum absolute atomic E-state index is 13.5. The number of methoxy groups -OCH3 is 1. The van der Waals surface area contributed by atoms with Crippen LogP contribution in [0.15, 0.2) is 57.8 Å². The minimum Gasteiger partial charge on any atom is -0.466 e. The molecule has 2 aromatic carbocycles. The Morgan fingerprint density at radius 3 is 2.53 bits per heavy atom. The van der Waals surface area contributed by atoms with Gasteiger partial charge in [-0.2, -0.15) is 0 Å². The topological polar surface area (TPSA) is 55.4 Å². The Bertz CT molecular complexity index is 1330. The number of hydrogen-bond acceptors (Lipinski definition) is 5. The Labute approximate surface area is 227 Å². The van der Waals surface area contributed by atoms with Gasteiger partial charge in [-0.15, -0.1) is 11.8 Å². The van der Waals surface area contributed by atoms with Crippen molar-refractivity contribution in [2.24, 2.45) is 5.41 Å². The van der Waals surface area contributed by atoms with Gasteiger partial charge in [-0.1, -0.05) is 49.2 Å². The van der Waals surface area contributed by atoms with Gasteiger partial charge in [0.15, 0.2) is 5.78 Å². The molecule has 0 radical (unpaired) electrons. The Morgan fingerprint density at radius 1 is 1.11 bits per heavy atom. The van der Waals surface area contributed by atoms with Crippen LogP contribution in [0.1, 0.15) is 61.8 Å². The lowest BCUT2D eigenvalue weighted by Crippen LogP contribution is -2.38. The van der Waals surface area contributed by atoms with Gasteiger partial charge in [-0.05, 0) is 73.1 Å². The summed E-state index contributed by atoms with van der Waals surface area (Å²) < 4.78 is 5.19. The van der Waals surface area contributed by atoms with Gasteiger partial charge in [0, 0.05) is 45.0 Å². The van der Waals surface area contributed by atoms with Crippen LogP contribution in [0.2, 0.25) is 10.0 Å². The first-order chi connectivity index (χ1) is 16.9. The average Bonchev–Trinajstić information content (AvgIpc) is 2.78. The molecular formula is C29H31Cl2NO3S. The number of ether oxygens (including phenoxy) is 1. The molecule has 0 fully saturated rings. The Kier molecular flexibility index (Phi) is 7.66. The zero-order chi connectivity index (χ0) is 26.4. The van der Waals surface area contributed by atoms with Gasteiger partial charge >= 0.3 is 5.97 Å². The highest BCUT2D eigenvalue weighted by molar-refractivity contribution is 7.98. The van der Waals surface area contributed by atoms with E-state index in [4.69, 9.17) is 27.9 Å². The predicted octanol–water partition coefficient (Wildman–Crippen LogP) is 7.68. The molecule has 1 atom stereocenters. The summed E-state index contributed by atoms with van der Waals surface area (Å²) in [6, 6.07) is 9.72. The van der Waals surface area contributed by atoms with E-state index < -0.39 is 11.9 Å². The number of ketones is 1. The number of aryl methyl sites for hydroxylation is 2. The minimum atomic E-state index is -0.476. The van der Waals surface area contributed by atoms with Crippen molar-refractivity contribution in [2.75, 3.05) is 7.11 Å². The number of allylic oxidation sites excluding steroid dienone is 3. The first-order valence-electron chi connectivity index (χ1n) is 11.9. The maximum atomic E-state index is 13.5. The largest absolute Gasteiger partial charge is 0.466 e. The molecule has 0 spiro atoms. The lowest BCUT2D eigenvalue weighted by Gasteiger charge is -2.39. The molecule has 1 aliphatic carbocycles. The van der Waals surface area contributed by atoms with Crippen LogP contribution in [0.3, 0.4) is 0 Å². The normalized spacial score (nSPS) is 19.2. The second kappa shape index (κ2) is 10.3. The van der Waals surface area contributed by atoms with Crippen molar-refractivity contribution >= 4 is 46.7 Å². The summed E-state index contributed by atoms with van der Waals surface area (Å²) in [6.07, 6.45) is 1.19. The highest BCUT2D eigenvalue weighted by Gasteiger charge is 2.43. The molecular weight excluding hydrogens is 513 g/mol. The van der Waals surface area contributed by atoms with Crippen molar-refractivity contribution in [1.82, 2.24) is 5.32 Å². The molecule has 4 rings (SSSR count). The molecule has 0 amide bonds. The molecule has 0 saturated heterocycles. The van der Waals surface area contributed by atoms with Crippen molar-refractivity contribution in [3.63, 3.8) is 0 Å². The van der Waals surface area contributed by atoms with Crippen molar-refractivity contribution in [3.8, 4) is 0 Å². The van der Waals surface area contributed by atoms with E-state index in [1.165, 1.54) is 7.11 Å². The third kappa shape index (κ3) is 5.25. The minimum absolute atomic E-state index is 0.0780. The van der Waals surface area contributed by atoms with Gasteiger partial charge in [0.25, 0.3) is 0 Å². The first kappa shape index (κ1) is 26.8. The number of dihydropyridines is 1. The van der Waals surface area contributed by atoms with Crippen molar-refractivity contribution in [3.05, 3.63) is 85.2 Å². The lowest BCUT2D eigenvalue weighted by atomic mass is 9.68. The van der Waals surface area contributed by atoms with Gasteiger partial charge in [0.05, 0.1) is 17.7 Å². The number of rotatable bonds is 5. The molecule has 7 heteroatoms. The van der Waals surface area contributed by atoms with E-state index in [1.54, 1.807) is 23.9 Å². The molecule has 0 aromatic heterocycles. The van der Waals surface area contributed by atoms with Gasteiger partial charge in [-0.3, -0.25) is 4.79 Å². The van der Waals surface area contributed by atoms with Gasteiger partial charge in [0.2, 0.25) is 0 Å².